The van der Waals surface area contributed by atoms with Crippen molar-refractivity contribution >= 4 is 56.7 Å². The van der Waals surface area contributed by atoms with E-state index in [-0.39, 0.29) is 0 Å². The topological polar surface area (TPSA) is 26.3 Å². The normalized spacial score (nSPS) is 11.0. The van der Waals surface area contributed by atoms with E-state index in [4.69, 9.17) is 4.43 Å². The van der Waals surface area contributed by atoms with Gasteiger partial charge in [-0.25, -0.2) is 0 Å². The van der Waals surface area contributed by atoms with Gasteiger partial charge in [0, 0.05) is 24.8 Å². The molecule has 0 saturated heterocycles. The zero-order valence-corrected chi connectivity index (χ0v) is 23.6. The molecule has 0 heterocycles. The number of carbonyl (C=O) groups is 1. The maximum absolute atomic E-state index is 10.1. The summed E-state index contributed by atoms with van der Waals surface area (Å²) in [5.41, 5.74) is 1.95. The van der Waals surface area contributed by atoms with Gasteiger partial charge in [-0.05, 0) is 49.5 Å². The van der Waals surface area contributed by atoms with E-state index < -0.39 is 8.32 Å². The lowest BCUT2D eigenvalue weighted by molar-refractivity contribution is 0.112. The molecule has 0 bridgehead atoms. The van der Waals surface area contributed by atoms with Gasteiger partial charge in [0.15, 0.2) is 8.32 Å². The van der Waals surface area contributed by atoms with Crippen LogP contribution in [0.15, 0.2) is 57.5 Å². The average Bonchev–Trinajstić information content (AvgIpc) is 2.53. The smallest absolute Gasteiger partial charge is 0.184 e. The van der Waals surface area contributed by atoms with Gasteiger partial charge in [-0.1, -0.05) is 81.9 Å². The second-order valence-electron chi connectivity index (χ2n) is 8.70. The Labute approximate surface area is 185 Å². The van der Waals surface area contributed by atoms with Crippen molar-refractivity contribution in [3.05, 3.63) is 68.6 Å². The largest absolute Gasteiger partial charge is 0.413 e. The summed E-state index contributed by atoms with van der Waals surface area (Å²) in [7, 11) is -0.0574. The molecule has 0 fully saturated rings. The highest BCUT2D eigenvalue weighted by Gasteiger charge is 2.13. The zero-order valence-electron chi connectivity index (χ0n) is 17.5. The number of hydrogen-bond donors (Lipinski definition) is 0. The molecule has 0 aliphatic heterocycles. The molecule has 27 heavy (non-hydrogen) atoms. The third-order valence-corrected chi connectivity index (χ3v) is 4.66. The minimum absolute atomic E-state index is 0.639. The molecule has 6 heteroatoms. The Bertz CT molecular complexity index is 653. The third-order valence-electron chi connectivity index (χ3n) is 2.59. The summed E-state index contributed by atoms with van der Waals surface area (Å²) in [6, 6.07) is 15.5. The van der Waals surface area contributed by atoms with Gasteiger partial charge >= 0.3 is 0 Å². The summed E-state index contributed by atoms with van der Waals surface area (Å²) in [6.45, 7) is 14.1. The van der Waals surface area contributed by atoms with E-state index >= 15 is 0 Å². The van der Waals surface area contributed by atoms with Crippen molar-refractivity contribution in [1.29, 1.82) is 0 Å². The van der Waals surface area contributed by atoms with Crippen LogP contribution >= 0.6 is 31.9 Å². The van der Waals surface area contributed by atoms with Crippen LogP contribution in [-0.4, -0.2) is 24.8 Å². The van der Waals surface area contributed by atoms with Gasteiger partial charge in [-0.15, -0.1) is 0 Å². The lowest BCUT2D eigenvalue weighted by Crippen LogP contribution is -2.24. The molecular formula is C21H32Br2O2Si2. The number of benzene rings is 2. The molecule has 2 rings (SSSR count). The standard InChI is InChI=1S/C10H15BrOSi.C7H5BrO.C4H12Si/c1-13(2,3)12-8-9-4-6-10(11)7-5-9;8-7-3-1-6(5-9)2-4-7;1-4(2,3)5/h4-7H,8H2,1-3H3;1-5H;1-3,5H3. The predicted octanol–water partition coefficient (Wildman–Crippen LogP) is 6.63. The van der Waals surface area contributed by atoms with Gasteiger partial charge < -0.3 is 4.43 Å². The van der Waals surface area contributed by atoms with E-state index in [1.807, 2.05) is 24.3 Å². The van der Waals surface area contributed by atoms with E-state index in [0.717, 1.165) is 21.8 Å². The molecule has 0 unspecified atom stereocenters. The fourth-order valence-corrected chi connectivity index (χ4v) is 2.55. The number of carbonyl (C=O) groups excluding carboxylic acids is 1. The van der Waals surface area contributed by atoms with Crippen LogP contribution in [0.25, 0.3) is 0 Å². The number of hydrogen-bond acceptors (Lipinski definition) is 2. The molecule has 0 aromatic heterocycles. The van der Waals surface area contributed by atoms with E-state index in [9.17, 15) is 4.79 Å². The molecule has 0 radical (unpaired) electrons. The van der Waals surface area contributed by atoms with Crippen molar-refractivity contribution in [2.24, 2.45) is 0 Å². The first-order valence-electron chi connectivity index (χ1n) is 8.89. The van der Waals surface area contributed by atoms with Crippen LogP contribution in [-0.2, 0) is 11.0 Å². The van der Waals surface area contributed by atoms with Crippen molar-refractivity contribution in [2.75, 3.05) is 0 Å². The highest BCUT2D eigenvalue weighted by atomic mass is 79.9. The Morgan fingerprint density at radius 1 is 0.926 bits per heavy atom. The van der Waals surface area contributed by atoms with Crippen molar-refractivity contribution < 1.29 is 9.22 Å². The first kappa shape index (κ1) is 26.5. The van der Waals surface area contributed by atoms with Crippen LogP contribution in [0.1, 0.15) is 36.7 Å². The Hall–Kier alpha value is -0.536. The minimum atomic E-state index is -1.37. The van der Waals surface area contributed by atoms with E-state index in [0.29, 0.717) is 10.6 Å². The molecule has 2 aromatic rings. The summed E-state index contributed by atoms with van der Waals surface area (Å²) >= 11 is 6.66. The van der Waals surface area contributed by atoms with E-state index in [1.165, 1.54) is 15.8 Å². The monoisotopic (exact) mass is 530 g/mol. The van der Waals surface area contributed by atoms with Gasteiger partial charge in [0.25, 0.3) is 0 Å². The molecule has 2 aromatic carbocycles. The molecule has 0 amide bonds. The first-order chi connectivity index (χ1) is 12.3. The number of aldehydes is 1. The van der Waals surface area contributed by atoms with Gasteiger partial charge in [-0.2, -0.15) is 0 Å². The Morgan fingerprint density at radius 3 is 1.63 bits per heavy atom. The van der Waals surface area contributed by atoms with Crippen molar-refractivity contribution in [3.8, 4) is 0 Å². The summed E-state index contributed by atoms with van der Waals surface area (Å²) < 4.78 is 7.89. The van der Waals surface area contributed by atoms with Crippen LogP contribution in [0.3, 0.4) is 0 Å². The zero-order chi connectivity index (χ0) is 21.1. The molecule has 0 aliphatic carbocycles. The van der Waals surface area contributed by atoms with Crippen LogP contribution in [0.5, 0.6) is 0 Å². The lowest BCUT2D eigenvalue weighted by Gasteiger charge is -2.16. The van der Waals surface area contributed by atoms with E-state index in [2.05, 4.69) is 84.4 Å². The van der Waals surface area contributed by atoms with Crippen LogP contribution in [0, 0.1) is 0 Å². The number of halogens is 2. The maximum atomic E-state index is 10.1. The van der Waals surface area contributed by atoms with Crippen LogP contribution < -0.4 is 0 Å². The van der Waals surface area contributed by atoms with Crippen LogP contribution in [0.2, 0.25) is 24.7 Å². The fourth-order valence-electron chi connectivity index (χ4n) is 1.42. The summed E-state index contributed by atoms with van der Waals surface area (Å²) in [4.78, 5) is 10.1. The molecule has 150 valence electrons. The van der Waals surface area contributed by atoms with Gasteiger partial charge in [0.1, 0.15) is 6.29 Å². The third kappa shape index (κ3) is 18.6. The summed E-state index contributed by atoms with van der Waals surface area (Å²) in [6.07, 6.45) is 0.826. The molecule has 0 N–H and O–H groups in total. The molecule has 2 nitrogen and oxygen atoms in total. The predicted molar refractivity (Wildman–Crippen MR) is 131 cm³/mol. The summed E-state index contributed by atoms with van der Waals surface area (Å²) in [5.74, 6) is 0. The minimum Gasteiger partial charge on any atom is -0.413 e. The molecular weight excluding hydrogens is 500 g/mol. The fraction of sp³-hybridized carbons (Fsp3) is 0.381. The number of rotatable bonds is 4. The van der Waals surface area contributed by atoms with Crippen molar-refractivity contribution in [2.45, 2.75) is 52.1 Å². The second kappa shape index (κ2) is 12.8. The Balaban J connectivity index is 0.000000419. The SMILES string of the molecule is CC(C)(C)[SiH3].C[Si](C)(C)OCc1ccc(Br)cc1.O=Cc1ccc(Br)cc1. The Kier molecular flexibility index (Phi) is 12.6. The lowest BCUT2D eigenvalue weighted by atomic mass is 10.2. The molecule has 0 aliphatic rings. The van der Waals surface area contributed by atoms with Crippen LogP contribution in [0.4, 0.5) is 0 Å². The van der Waals surface area contributed by atoms with E-state index in [1.54, 1.807) is 12.1 Å². The molecule has 0 saturated carbocycles. The van der Waals surface area contributed by atoms with Gasteiger partial charge in [0.05, 0.1) is 6.61 Å². The highest BCUT2D eigenvalue weighted by molar-refractivity contribution is 9.10. The molecule has 0 atom stereocenters. The maximum Gasteiger partial charge on any atom is 0.184 e. The highest BCUT2D eigenvalue weighted by Crippen LogP contribution is 2.14. The Morgan fingerprint density at radius 2 is 1.30 bits per heavy atom. The quantitative estimate of drug-likeness (QED) is 0.326. The summed E-state index contributed by atoms with van der Waals surface area (Å²) in [5, 5.41) is 0.639. The average molecular weight is 532 g/mol. The van der Waals surface area contributed by atoms with Gasteiger partial charge in [-0.3, -0.25) is 4.79 Å². The molecule has 0 spiro atoms. The first-order valence-corrected chi connectivity index (χ1v) is 14.9. The van der Waals surface area contributed by atoms with Crippen molar-refractivity contribution in [3.63, 3.8) is 0 Å². The van der Waals surface area contributed by atoms with Crippen molar-refractivity contribution in [1.82, 2.24) is 0 Å². The van der Waals surface area contributed by atoms with Gasteiger partial charge in [0.2, 0.25) is 0 Å². The second-order valence-corrected chi connectivity index (χ2v) is 18.0.